The van der Waals surface area contributed by atoms with Crippen LogP contribution >= 0.6 is 0 Å². The lowest BCUT2D eigenvalue weighted by Gasteiger charge is -2.08. The highest BCUT2D eigenvalue weighted by molar-refractivity contribution is 5.63. The van der Waals surface area contributed by atoms with Crippen LogP contribution in [0.2, 0.25) is 0 Å². The molecule has 0 aromatic heterocycles. The first kappa shape index (κ1) is 35.4. The predicted molar refractivity (Wildman–Crippen MR) is 130 cm³/mol. The number of ether oxygens (including phenoxy) is 1. The summed E-state index contributed by atoms with van der Waals surface area (Å²) in [7, 11) is 0. The van der Waals surface area contributed by atoms with Crippen molar-refractivity contribution in [3.05, 3.63) is 0 Å². The van der Waals surface area contributed by atoms with Crippen molar-refractivity contribution in [3.63, 3.8) is 0 Å². The summed E-state index contributed by atoms with van der Waals surface area (Å²) in [6.45, 7) is 5.20. The third kappa shape index (κ3) is 51.5. The van der Waals surface area contributed by atoms with Gasteiger partial charge in [0.25, 0.3) is 11.9 Å². The van der Waals surface area contributed by atoms with Gasteiger partial charge in [0.15, 0.2) is 0 Å². The zero-order valence-corrected chi connectivity index (χ0v) is 21.0. The molecule has 0 amide bonds. The highest BCUT2D eigenvalue weighted by atomic mass is 16.5. The van der Waals surface area contributed by atoms with Crippen molar-refractivity contribution >= 4 is 11.9 Å². The molecule has 0 spiro atoms. The molecular formula is C25H52O7. The maximum Gasteiger partial charge on any atom is 0.300 e. The van der Waals surface area contributed by atoms with E-state index in [0.29, 0.717) is 6.61 Å². The zero-order valence-electron chi connectivity index (χ0n) is 21.0. The van der Waals surface area contributed by atoms with Crippen LogP contribution in [0.25, 0.3) is 0 Å². The lowest BCUT2D eigenvalue weighted by Crippen LogP contribution is -2.19. The summed E-state index contributed by atoms with van der Waals surface area (Å²) < 4.78 is 5.30. The van der Waals surface area contributed by atoms with Crippen molar-refractivity contribution in [3.8, 4) is 0 Å². The van der Waals surface area contributed by atoms with E-state index in [0.717, 1.165) is 20.3 Å². The van der Waals surface area contributed by atoms with Crippen LogP contribution in [0.5, 0.6) is 0 Å². The van der Waals surface area contributed by atoms with Crippen LogP contribution in [0.1, 0.15) is 124 Å². The minimum absolute atomic E-state index is 0.209. The van der Waals surface area contributed by atoms with Crippen molar-refractivity contribution in [1.82, 2.24) is 0 Å². The molecule has 7 heteroatoms. The lowest BCUT2D eigenvalue weighted by molar-refractivity contribution is -0.135. The van der Waals surface area contributed by atoms with Crippen LogP contribution in [0.4, 0.5) is 0 Å². The molecule has 0 aliphatic carbocycles. The van der Waals surface area contributed by atoms with Gasteiger partial charge in [-0.2, -0.15) is 0 Å². The third-order valence-electron chi connectivity index (χ3n) is 4.66. The number of aliphatic hydroxyl groups is 2. The number of aliphatic carboxylic acids is 2. The Balaban J connectivity index is -0.000000896. The minimum Gasteiger partial charge on any atom is -0.481 e. The fourth-order valence-electron chi connectivity index (χ4n) is 3.02. The fraction of sp³-hybridized carbons (Fsp3) is 0.920. The van der Waals surface area contributed by atoms with Crippen molar-refractivity contribution < 1.29 is 34.8 Å². The molecule has 0 aliphatic rings. The molecular weight excluding hydrogens is 412 g/mol. The Bertz CT molecular complexity index is 355. The Hall–Kier alpha value is -1.18. The van der Waals surface area contributed by atoms with E-state index in [-0.39, 0.29) is 13.2 Å². The molecule has 0 saturated carbocycles. The number of hydrogen-bond acceptors (Lipinski definition) is 5. The Morgan fingerprint density at radius 1 is 0.656 bits per heavy atom. The second-order valence-corrected chi connectivity index (χ2v) is 8.25. The van der Waals surface area contributed by atoms with Crippen LogP contribution in [0.3, 0.4) is 0 Å². The monoisotopic (exact) mass is 464 g/mol. The maximum atomic E-state index is 9.12. The van der Waals surface area contributed by atoms with E-state index in [2.05, 4.69) is 6.92 Å². The van der Waals surface area contributed by atoms with Crippen LogP contribution < -0.4 is 0 Å². The third-order valence-corrected chi connectivity index (χ3v) is 4.66. The van der Waals surface area contributed by atoms with Gasteiger partial charge in [0.1, 0.15) is 6.10 Å². The van der Waals surface area contributed by atoms with Gasteiger partial charge < -0.3 is 25.2 Å². The first-order chi connectivity index (χ1) is 15.3. The predicted octanol–water partition coefficient (Wildman–Crippen LogP) is 5.80. The molecule has 0 aliphatic heterocycles. The van der Waals surface area contributed by atoms with Crippen LogP contribution in [0, 0.1) is 0 Å². The molecule has 32 heavy (non-hydrogen) atoms. The normalized spacial score (nSPS) is 11.0. The number of rotatable bonds is 20. The summed E-state index contributed by atoms with van der Waals surface area (Å²) in [5.74, 6) is -1.67. The Morgan fingerprint density at radius 2 is 0.938 bits per heavy atom. The van der Waals surface area contributed by atoms with E-state index < -0.39 is 18.0 Å². The Kier molecular flexibility index (Phi) is 35.4. The summed E-state index contributed by atoms with van der Waals surface area (Å²) in [5, 5.41) is 32.6. The molecule has 0 fully saturated rings. The number of carboxylic acids is 2. The summed E-state index contributed by atoms with van der Waals surface area (Å²) in [4.78, 5) is 18.0. The summed E-state index contributed by atoms with van der Waals surface area (Å²) in [6.07, 6.45) is 21.2. The summed E-state index contributed by atoms with van der Waals surface area (Å²) >= 11 is 0. The smallest absolute Gasteiger partial charge is 0.300 e. The number of unbranched alkanes of at least 4 members (excludes halogenated alkanes) is 15. The quantitative estimate of drug-likeness (QED) is 0.168. The second kappa shape index (κ2) is 32.0. The van der Waals surface area contributed by atoms with Gasteiger partial charge in [0, 0.05) is 20.5 Å². The van der Waals surface area contributed by atoms with Crippen LogP contribution in [-0.4, -0.2) is 58.3 Å². The summed E-state index contributed by atoms with van der Waals surface area (Å²) in [5.41, 5.74) is 0. The first-order valence-corrected chi connectivity index (χ1v) is 12.5. The molecule has 0 bridgehead atoms. The molecule has 0 radical (unpaired) electrons. The van der Waals surface area contributed by atoms with Gasteiger partial charge in [0.2, 0.25) is 0 Å². The highest BCUT2D eigenvalue weighted by Gasteiger charge is 2.00. The largest absolute Gasteiger partial charge is 0.481 e. The van der Waals surface area contributed by atoms with Crippen molar-refractivity contribution in [2.24, 2.45) is 0 Å². The topological polar surface area (TPSA) is 124 Å². The van der Waals surface area contributed by atoms with Gasteiger partial charge in [-0.05, 0) is 6.42 Å². The molecule has 194 valence electrons. The molecule has 1 atom stereocenters. The molecule has 0 aromatic rings. The molecule has 7 nitrogen and oxygen atoms in total. The van der Waals surface area contributed by atoms with Crippen molar-refractivity contribution in [2.75, 3.05) is 19.8 Å². The minimum atomic E-state index is -0.833. The average Bonchev–Trinajstić information content (AvgIpc) is 2.72. The first-order valence-electron chi connectivity index (χ1n) is 12.5. The fourth-order valence-corrected chi connectivity index (χ4v) is 3.02. The molecule has 4 N–H and O–H groups in total. The van der Waals surface area contributed by atoms with E-state index in [1.165, 1.54) is 96.3 Å². The molecule has 0 saturated heterocycles. The lowest BCUT2D eigenvalue weighted by atomic mass is 10.0. The number of carbonyl (C=O) groups is 2. The maximum absolute atomic E-state index is 9.12. The van der Waals surface area contributed by atoms with Crippen molar-refractivity contribution in [1.29, 1.82) is 0 Å². The van der Waals surface area contributed by atoms with E-state index in [9.17, 15) is 0 Å². The van der Waals surface area contributed by atoms with E-state index in [4.69, 9.17) is 34.8 Å². The molecule has 0 unspecified atom stereocenters. The van der Waals surface area contributed by atoms with Gasteiger partial charge in [-0.15, -0.1) is 0 Å². The van der Waals surface area contributed by atoms with E-state index in [1.54, 1.807) is 0 Å². The standard InChI is InChI=1S/C21H44O3.2C2H4O2/c1-2-3-4-5-6-7-8-9-10-11-12-13-14-15-16-17-18-24-20-21(23)19-22;2*1-2(3)4/h21-23H,2-20H2,1H3;2*1H3,(H,3,4)/t21-;;/m1../s1. The van der Waals surface area contributed by atoms with Crippen LogP contribution in [0.15, 0.2) is 0 Å². The molecule has 0 heterocycles. The average molecular weight is 465 g/mol. The van der Waals surface area contributed by atoms with Gasteiger partial charge in [0.05, 0.1) is 13.2 Å². The molecule has 0 rings (SSSR count). The van der Waals surface area contributed by atoms with Gasteiger partial charge >= 0.3 is 0 Å². The van der Waals surface area contributed by atoms with Crippen molar-refractivity contribution in [2.45, 2.75) is 130 Å². The Labute approximate surface area is 196 Å². The van der Waals surface area contributed by atoms with Crippen LogP contribution in [-0.2, 0) is 14.3 Å². The number of carboxylic acid groups (broad SMARTS) is 2. The van der Waals surface area contributed by atoms with Gasteiger partial charge in [-0.1, -0.05) is 103 Å². The number of aliphatic hydroxyl groups excluding tert-OH is 2. The highest BCUT2D eigenvalue weighted by Crippen LogP contribution is 2.13. The SMILES string of the molecule is CC(=O)O.CC(=O)O.CCCCCCCCCCCCCCCCCCOC[C@H](O)CO. The second-order valence-electron chi connectivity index (χ2n) is 8.25. The zero-order chi connectivity index (χ0) is 24.9. The molecule has 0 aromatic carbocycles. The van der Waals surface area contributed by atoms with E-state index >= 15 is 0 Å². The van der Waals surface area contributed by atoms with E-state index in [1.807, 2.05) is 0 Å². The van der Waals surface area contributed by atoms with Gasteiger partial charge in [-0.25, -0.2) is 0 Å². The van der Waals surface area contributed by atoms with Gasteiger partial charge in [-0.3, -0.25) is 9.59 Å². The summed E-state index contributed by atoms with van der Waals surface area (Å²) in [6, 6.07) is 0. The number of hydrogen-bond donors (Lipinski definition) is 4. The Morgan fingerprint density at radius 3 is 1.22 bits per heavy atom.